The summed E-state index contributed by atoms with van der Waals surface area (Å²) >= 11 is 0. The molecule has 0 saturated carbocycles. The highest BCUT2D eigenvalue weighted by Crippen LogP contribution is 2.11. The molecule has 0 aromatic rings. The SMILES string of the molecule is CCC(=O)N(C(C)=O)C(CO)CCCCN(C)C(=O)CCC=O. The predicted octanol–water partition coefficient (Wildman–Crippen LogP) is 0.740. The van der Waals surface area contributed by atoms with Crippen molar-refractivity contribution in [1.29, 1.82) is 0 Å². The average molecular weight is 328 g/mol. The molecule has 0 bridgehead atoms. The van der Waals surface area contributed by atoms with E-state index in [1.54, 1.807) is 18.9 Å². The van der Waals surface area contributed by atoms with E-state index in [-0.39, 0.29) is 43.6 Å². The molecule has 0 rings (SSSR count). The molecule has 0 spiro atoms. The molecule has 132 valence electrons. The topological polar surface area (TPSA) is 95.0 Å². The molecule has 7 heteroatoms. The average Bonchev–Trinajstić information content (AvgIpc) is 2.53. The number of aldehydes is 1. The standard InChI is InChI=1S/C16H28N2O5/c1-4-15(22)18(13(2)21)14(12-20)8-5-6-10-17(3)16(23)9-7-11-19/h11,14,20H,4-10,12H2,1-3H3. The third-order valence-electron chi connectivity index (χ3n) is 3.67. The van der Waals surface area contributed by atoms with Gasteiger partial charge in [-0.2, -0.15) is 0 Å². The van der Waals surface area contributed by atoms with Gasteiger partial charge in [0.15, 0.2) is 0 Å². The van der Waals surface area contributed by atoms with Gasteiger partial charge in [0.1, 0.15) is 6.29 Å². The summed E-state index contributed by atoms with van der Waals surface area (Å²) in [7, 11) is 1.68. The number of hydrogen-bond donors (Lipinski definition) is 1. The maximum atomic E-state index is 11.8. The largest absolute Gasteiger partial charge is 0.394 e. The van der Waals surface area contributed by atoms with Crippen molar-refractivity contribution in [2.75, 3.05) is 20.2 Å². The van der Waals surface area contributed by atoms with E-state index in [1.807, 2.05) is 0 Å². The molecule has 0 fully saturated rings. The Morgan fingerprint density at radius 2 is 1.83 bits per heavy atom. The molecule has 0 aromatic carbocycles. The van der Waals surface area contributed by atoms with Crippen LogP contribution in [0.25, 0.3) is 0 Å². The molecule has 23 heavy (non-hydrogen) atoms. The van der Waals surface area contributed by atoms with Crippen LogP contribution in [0.15, 0.2) is 0 Å². The van der Waals surface area contributed by atoms with Gasteiger partial charge in [0, 0.05) is 39.8 Å². The Bertz CT molecular complexity index is 411. The third-order valence-corrected chi connectivity index (χ3v) is 3.67. The van der Waals surface area contributed by atoms with Crippen LogP contribution < -0.4 is 0 Å². The van der Waals surface area contributed by atoms with Gasteiger partial charge in [-0.05, 0) is 19.3 Å². The Kier molecular flexibility index (Phi) is 10.9. The summed E-state index contributed by atoms with van der Waals surface area (Å²) in [6.45, 7) is 3.26. The van der Waals surface area contributed by atoms with Crippen molar-refractivity contribution in [3.8, 4) is 0 Å². The van der Waals surface area contributed by atoms with Gasteiger partial charge in [0.05, 0.1) is 12.6 Å². The Labute approximate surface area is 137 Å². The van der Waals surface area contributed by atoms with E-state index in [1.165, 1.54) is 6.92 Å². The quantitative estimate of drug-likeness (QED) is 0.446. The monoisotopic (exact) mass is 328 g/mol. The molecule has 1 unspecified atom stereocenters. The van der Waals surface area contributed by atoms with Crippen molar-refractivity contribution in [1.82, 2.24) is 9.80 Å². The van der Waals surface area contributed by atoms with Crippen molar-refractivity contribution < 1.29 is 24.3 Å². The number of unbranched alkanes of at least 4 members (excludes halogenated alkanes) is 1. The molecule has 0 aliphatic rings. The molecule has 0 saturated heterocycles. The minimum atomic E-state index is -0.518. The maximum Gasteiger partial charge on any atom is 0.229 e. The van der Waals surface area contributed by atoms with Crippen molar-refractivity contribution in [3.05, 3.63) is 0 Å². The van der Waals surface area contributed by atoms with E-state index in [4.69, 9.17) is 0 Å². The minimum absolute atomic E-state index is 0.0812. The van der Waals surface area contributed by atoms with Crippen LogP contribution in [0.3, 0.4) is 0 Å². The van der Waals surface area contributed by atoms with Gasteiger partial charge < -0.3 is 14.8 Å². The summed E-state index contributed by atoms with van der Waals surface area (Å²) in [6.07, 6.45) is 3.24. The van der Waals surface area contributed by atoms with Gasteiger partial charge in [-0.25, -0.2) is 0 Å². The Hall–Kier alpha value is -1.76. The minimum Gasteiger partial charge on any atom is -0.394 e. The molecular formula is C16H28N2O5. The second kappa shape index (κ2) is 11.8. The lowest BCUT2D eigenvalue weighted by Crippen LogP contribution is -2.45. The number of aliphatic hydroxyl groups excluding tert-OH is 1. The number of carbonyl (C=O) groups is 4. The van der Waals surface area contributed by atoms with Crippen molar-refractivity contribution >= 4 is 24.0 Å². The molecule has 0 aliphatic carbocycles. The molecular weight excluding hydrogens is 300 g/mol. The second-order valence-electron chi connectivity index (χ2n) is 5.49. The molecule has 0 heterocycles. The lowest BCUT2D eigenvalue weighted by Gasteiger charge is -2.28. The molecule has 0 aliphatic heterocycles. The number of aliphatic hydroxyl groups is 1. The lowest BCUT2D eigenvalue weighted by atomic mass is 10.1. The number of amides is 3. The predicted molar refractivity (Wildman–Crippen MR) is 85.5 cm³/mol. The number of carbonyl (C=O) groups excluding carboxylic acids is 4. The maximum absolute atomic E-state index is 11.8. The van der Waals surface area contributed by atoms with Gasteiger partial charge in [-0.3, -0.25) is 19.3 Å². The van der Waals surface area contributed by atoms with Gasteiger partial charge in [0.2, 0.25) is 17.7 Å². The Morgan fingerprint density at radius 1 is 1.17 bits per heavy atom. The fourth-order valence-electron chi connectivity index (χ4n) is 2.34. The fourth-order valence-corrected chi connectivity index (χ4v) is 2.34. The molecule has 1 atom stereocenters. The smallest absolute Gasteiger partial charge is 0.229 e. The van der Waals surface area contributed by atoms with Crippen LogP contribution in [-0.4, -0.2) is 65.2 Å². The Morgan fingerprint density at radius 3 is 2.30 bits per heavy atom. The van der Waals surface area contributed by atoms with Crippen LogP contribution in [0.2, 0.25) is 0 Å². The first-order chi connectivity index (χ1) is 10.9. The Balaban J connectivity index is 4.31. The number of imide groups is 1. The zero-order valence-corrected chi connectivity index (χ0v) is 14.3. The summed E-state index contributed by atoms with van der Waals surface area (Å²) in [5, 5.41) is 9.44. The molecule has 0 aromatic heterocycles. The van der Waals surface area contributed by atoms with E-state index < -0.39 is 6.04 Å². The molecule has 1 N–H and O–H groups in total. The summed E-state index contributed by atoms with van der Waals surface area (Å²) in [5.41, 5.74) is 0. The summed E-state index contributed by atoms with van der Waals surface area (Å²) in [4.78, 5) is 48.0. The van der Waals surface area contributed by atoms with Crippen LogP contribution in [0.1, 0.15) is 52.4 Å². The number of hydrogen-bond acceptors (Lipinski definition) is 5. The second-order valence-corrected chi connectivity index (χ2v) is 5.49. The molecule has 3 amide bonds. The molecule has 0 radical (unpaired) electrons. The van der Waals surface area contributed by atoms with Gasteiger partial charge in [0.25, 0.3) is 0 Å². The van der Waals surface area contributed by atoms with Crippen molar-refractivity contribution in [3.63, 3.8) is 0 Å². The first-order valence-electron chi connectivity index (χ1n) is 8.00. The highest BCUT2D eigenvalue weighted by atomic mass is 16.3. The van der Waals surface area contributed by atoms with E-state index >= 15 is 0 Å². The van der Waals surface area contributed by atoms with E-state index in [2.05, 4.69) is 0 Å². The number of nitrogens with zero attached hydrogens (tertiary/aromatic N) is 2. The zero-order chi connectivity index (χ0) is 17.8. The van der Waals surface area contributed by atoms with E-state index in [0.717, 1.165) is 11.2 Å². The van der Waals surface area contributed by atoms with Crippen molar-refractivity contribution in [2.45, 2.75) is 58.4 Å². The van der Waals surface area contributed by atoms with Crippen LogP contribution in [-0.2, 0) is 19.2 Å². The summed E-state index contributed by atoms with van der Waals surface area (Å²) in [5.74, 6) is -0.739. The number of rotatable bonds is 11. The highest BCUT2D eigenvalue weighted by Gasteiger charge is 2.25. The van der Waals surface area contributed by atoms with Gasteiger partial charge in [-0.15, -0.1) is 0 Å². The highest BCUT2D eigenvalue weighted by molar-refractivity contribution is 5.94. The third kappa shape index (κ3) is 7.88. The van der Waals surface area contributed by atoms with Gasteiger partial charge in [-0.1, -0.05) is 6.92 Å². The summed E-state index contributed by atoms with van der Waals surface area (Å²) in [6, 6.07) is -0.518. The van der Waals surface area contributed by atoms with E-state index in [0.29, 0.717) is 25.8 Å². The van der Waals surface area contributed by atoms with Crippen LogP contribution in [0, 0.1) is 0 Å². The summed E-state index contributed by atoms with van der Waals surface area (Å²) < 4.78 is 0. The van der Waals surface area contributed by atoms with Crippen LogP contribution in [0.5, 0.6) is 0 Å². The first kappa shape index (κ1) is 21.2. The lowest BCUT2D eigenvalue weighted by molar-refractivity contribution is -0.147. The van der Waals surface area contributed by atoms with Gasteiger partial charge >= 0.3 is 0 Å². The van der Waals surface area contributed by atoms with Crippen molar-refractivity contribution in [2.24, 2.45) is 0 Å². The fraction of sp³-hybridized carbons (Fsp3) is 0.750. The van der Waals surface area contributed by atoms with E-state index in [9.17, 15) is 24.3 Å². The zero-order valence-electron chi connectivity index (χ0n) is 14.3. The molecule has 7 nitrogen and oxygen atoms in total. The van der Waals surface area contributed by atoms with Crippen LogP contribution in [0.4, 0.5) is 0 Å². The first-order valence-corrected chi connectivity index (χ1v) is 8.00. The normalized spacial score (nSPS) is 11.7. The van der Waals surface area contributed by atoms with Crippen LogP contribution >= 0.6 is 0 Å².